The van der Waals surface area contributed by atoms with Gasteiger partial charge < -0.3 is 5.32 Å². The Hall–Kier alpha value is -1.27. The molecule has 3 rings (SSSR count). The summed E-state index contributed by atoms with van der Waals surface area (Å²) in [5.41, 5.74) is 1.96. The number of hydrogen-bond acceptors (Lipinski definition) is 4. The van der Waals surface area contributed by atoms with Gasteiger partial charge in [-0.05, 0) is 30.2 Å². The fourth-order valence-electron chi connectivity index (χ4n) is 2.34. The molecule has 0 unspecified atom stereocenters. The summed E-state index contributed by atoms with van der Waals surface area (Å²) >= 11 is 15.4. The van der Waals surface area contributed by atoms with Crippen LogP contribution >= 0.6 is 46.3 Å². The van der Waals surface area contributed by atoms with Crippen molar-refractivity contribution in [3.05, 3.63) is 63.1 Å². The van der Waals surface area contributed by atoms with Gasteiger partial charge in [-0.25, -0.2) is 4.98 Å². The number of carbonyl (C=O) groups is 1. The Kier molecular flexibility index (Phi) is 6.59. The second kappa shape index (κ2) is 8.90. The van der Waals surface area contributed by atoms with Crippen molar-refractivity contribution < 1.29 is 4.79 Å². The van der Waals surface area contributed by atoms with Crippen molar-refractivity contribution in [3.8, 4) is 0 Å². The van der Waals surface area contributed by atoms with Gasteiger partial charge in [0.1, 0.15) is 5.01 Å². The van der Waals surface area contributed by atoms with Crippen molar-refractivity contribution >= 4 is 62.4 Å². The normalized spacial score (nSPS) is 11.0. The summed E-state index contributed by atoms with van der Waals surface area (Å²) in [6.07, 6.45) is 0.660. The maximum Gasteiger partial charge on any atom is 0.230 e. The van der Waals surface area contributed by atoms with Crippen molar-refractivity contribution in [1.82, 2.24) is 10.3 Å². The smallest absolute Gasteiger partial charge is 0.230 e. The van der Waals surface area contributed by atoms with Crippen molar-refractivity contribution in [3.63, 3.8) is 0 Å². The highest BCUT2D eigenvalue weighted by molar-refractivity contribution is 7.99. The molecular formula is C18H16Cl2N2OS2. The van der Waals surface area contributed by atoms with Crippen LogP contribution in [0.15, 0.2) is 42.5 Å². The fourth-order valence-corrected chi connectivity index (χ4v) is 4.63. The van der Waals surface area contributed by atoms with E-state index < -0.39 is 0 Å². The number of aromatic nitrogens is 1. The van der Waals surface area contributed by atoms with E-state index in [1.54, 1.807) is 29.2 Å². The standard InChI is InChI=1S/C18H16Cl2N2OS2/c19-13-5-3-4-12(18(13)20)8-9-21-16(23)10-24-11-17-22-14-6-1-2-7-15(14)25-17/h1-7H,8-11H2,(H,21,23). The van der Waals surface area contributed by atoms with E-state index in [-0.39, 0.29) is 5.91 Å². The van der Waals surface area contributed by atoms with Gasteiger partial charge in [0.05, 0.1) is 26.0 Å². The highest BCUT2D eigenvalue weighted by atomic mass is 35.5. The molecule has 1 aromatic heterocycles. The summed E-state index contributed by atoms with van der Waals surface area (Å²) in [4.78, 5) is 16.5. The minimum Gasteiger partial charge on any atom is -0.355 e. The number of fused-ring (bicyclic) bond motifs is 1. The van der Waals surface area contributed by atoms with Crippen LogP contribution < -0.4 is 5.32 Å². The molecule has 7 heteroatoms. The molecule has 1 amide bonds. The molecule has 1 heterocycles. The van der Waals surface area contributed by atoms with Crippen LogP contribution in [0.4, 0.5) is 0 Å². The molecule has 0 aliphatic heterocycles. The van der Waals surface area contributed by atoms with Gasteiger partial charge >= 0.3 is 0 Å². The second-order valence-electron chi connectivity index (χ2n) is 5.38. The Morgan fingerprint density at radius 1 is 1.16 bits per heavy atom. The third-order valence-corrected chi connectivity index (χ3v) is 6.57. The van der Waals surface area contributed by atoms with Gasteiger partial charge in [-0.15, -0.1) is 23.1 Å². The first-order valence-corrected chi connectivity index (χ1v) is 10.5. The monoisotopic (exact) mass is 410 g/mol. The molecule has 25 heavy (non-hydrogen) atoms. The largest absolute Gasteiger partial charge is 0.355 e. The van der Waals surface area contributed by atoms with E-state index in [1.165, 1.54) is 4.70 Å². The lowest BCUT2D eigenvalue weighted by atomic mass is 10.1. The van der Waals surface area contributed by atoms with E-state index in [0.717, 1.165) is 21.8 Å². The SMILES string of the molecule is O=C(CSCc1nc2ccccc2s1)NCCc1cccc(Cl)c1Cl. The third kappa shape index (κ3) is 5.11. The molecule has 130 valence electrons. The van der Waals surface area contributed by atoms with E-state index in [1.807, 2.05) is 30.3 Å². The molecular weight excluding hydrogens is 395 g/mol. The predicted molar refractivity (Wildman–Crippen MR) is 109 cm³/mol. The molecule has 0 saturated heterocycles. The van der Waals surface area contributed by atoms with Gasteiger partial charge in [0.15, 0.2) is 0 Å². The molecule has 3 nitrogen and oxygen atoms in total. The zero-order valence-corrected chi connectivity index (χ0v) is 16.4. The van der Waals surface area contributed by atoms with Crippen LogP contribution in [0.25, 0.3) is 10.2 Å². The van der Waals surface area contributed by atoms with Gasteiger partial charge in [0, 0.05) is 12.3 Å². The van der Waals surface area contributed by atoms with E-state index in [4.69, 9.17) is 23.2 Å². The molecule has 0 radical (unpaired) electrons. The summed E-state index contributed by atoms with van der Waals surface area (Å²) in [5, 5.41) is 5.06. The van der Waals surface area contributed by atoms with Gasteiger partial charge in [-0.2, -0.15) is 0 Å². The number of benzene rings is 2. The number of rotatable bonds is 7. The fraction of sp³-hybridized carbons (Fsp3) is 0.222. The second-order valence-corrected chi connectivity index (χ2v) is 8.27. The molecule has 0 spiro atoms. The Morgan fingerprint density at radius 3 is 2.84 bits per heavy atom. The molecule has 3 aromatic rings. The molecule has 1 N–H and O–H groups in total. The highest BCUT2D eigenvalue weighted by Gasteiger charge is 2.07. The van der Waals surface area contributed by atoms with Gasteiger partial charge in [-0.3, -0.25) is 4.79 Å². The van der Waals surface area contributed by atoms with E-state index >= 15 is 0 Å². The van der Waals surface area contributed by atoms with Gasteiger partial charge in [0.25, 0.3) is 0 Å². The van der Waals surface area contributed by atoms with Crippen molar-refractivity contribution in [2.24, 2.45) is 0 Å². The molecule has 0 saturated carbocycles. The summed E-state index contributed by atoms with van der Waals surface area (Å²) in [5.74, 6) is 1.18. The van der Waals surface area contributed by atoms with E-state index in [0.29, 0.717) is 28.8 Å². The highest BCUT2D eigenvalue weighted by Crippen LogP contribution is 2.26. The lowest BCUT2D eigenvalue weighted by molar-refractivity contribution is -0.118. The Morgan fingerprint density at radius 2 is 2.00 bits per heavy atom. The Labute approximate surface area is 164 Å². The summed E-state index contributed by atoms with van der Waals surface area (Å²) in [7, 11) is 0. The zero-order chi connectivity index (χ0) is 17.6. The van der Waals surface area contributed by atoms with E-state index in [2.05, 4.69) is 16.4 Å². The van der Waals surface area contributed by atoms with Crippen LogP contribution in [0.1, 0.15) is 10.6 Å². The van der Waals surface area contributed by atoms with Crippen LogP contribution in [-0.4, -0.2) is 23.2 Å². The molecule has 0 aliphatic carbocycles. The molecule has 2 aromatic carbocycles. The van der Waals surface area contributed by atoms with Crippen LogP contribution in [0.3, 0.4) is 0 Å². The van der Waals surface area contributed by atoms with Crippen LogP contribution in [0.5, 0.6) is 0 Å². The minimum atomic E-state index is 0.0178. The number of hydrogen-bond donors (Lipinski definition) is 1. The summed E-state index contributed by atoms with van der Waals surface area (Å²) in [6.45, 7) is 0.542. The first kappa shape index (κ1) is 18.5. The van der Waals surface area contributed by atoms with Crippen molar-refractivity contribution in [2.75, 3.05) is 12.3 Å². The number of carbonyl (C=O) groups excluding carboxylic acids is 1. The maximum atomic E-state index is 11.9. The first-order chi connectivity index (χ1) is 12.1. The predicted octanol–water partition coefficient (Wildman–Crippen LogP) is 5.20. The minimum absolute atomic E-state index is 0.0178. The number of thioether (sulfide) groups is 1. The van der Waals surface area contributed by atoms with Crippen molar-refractivity contribution in [1.29, 1.82) is 0 Å². The molecule has 0 aliphatic rings. The average Bonchev–Trinajstić information content (AvgIpc) is 3.01. The van der Waals surface area contributed by atoms with Crippen LogP contribution in [-0.2, 0) is 17.0 Å². The summed E-state index contributed by atoms with van der Waals surface area (Å²) in [6, 6.07) is 13.6. The quantitative estimate of drug-likeness (QED) is 0.582. The number of nitrogens with one attached hydrogen (secondary N) is 1. The Balaban J connectivity index is 1.40. The number of nitrogens with zero attached hydrogens (tertiary/aromatic N) is 1. The summed E-state index contributed by atoms with van der Waals surface area (Å²) < 4.78 is 1.18. The van der Waals surface area contributed by atoms with Gasteiger partial charge in [0.2, 0.25) is 5.91 Å². The number of halogens is 2. The third-order valence-electron chi connectivity index (χ3n) is 3.54. The Bertz CT molecular complexity index is 849. The molecule has 0 bridgehead atoms. The number of thiazole rings is 1. The molecule has 0 fully saturated rings. The van der Waals surface area contributed by atoms with E-state index in [9.17, 15) is 4.79 Å². The topological polar surface area (TPSA) is 42.0 Å². The zero-order valence-electron chi connectivity index (χ0n) is 13.3. The maximum absolute atomic E-state index is 11.9. The van der Waals surface area contributed by atoms with Gasteiger partial charge in [-0.1, -0.05) is 47.5 Å². The van der Waals surface area contributed by atoms with Crippen LogP contribution in [0, 0.1) is 0 Å². The lowest BCUT2D eigenvalue weighted by Gasteiger charge is -2.07. The number of amides is 1. The number of para-hydroxylation sites is 1. The first-order valence-electron chi connectivity index (χ1n) is 7.75. The lowest BCUT2D eigenvalue weighted by Crippen LogP contribution is -2.27. The van der Waals surface area contributed by atoms with Crippen LogP contribution in [0.2, 0.25) is 10.0 Å². The van der Waals surface area contributed by atoms with Crippen molar-refractivity contribution in [2.45, 2.75) is 12.2 Å². The average molecular weight is 411 g/mol. The molecule has 0 atom stereocenters.